The number of nitrogens with zero attached hydrogens (tertiary/aromatic N) is 1. The van der Waals surface area contributed by atoms with Crippen molar-refractivity contribution in [2.24, 2.45) is 0 Å². The maximum Gasteiger partial charge on any atom is 0.306 e. The van der Waals surface area contributed by atoms with Gasteiger partial charge in [0.15, 0.2) is 0 Å². The standard InChI is InChI=1S/C16H24N2O2/c1-12(13-5-7-14(17)8-6-13)10-16(19)20-11-15-4-3-9-18(15)2/h5-8,12,15H,3-4,9-11,17H2,1-2H3. The molecule has 4 heteroatoms. The number of anilines is 1. The first-order valence-corrected chi connectivity index (χ1v) is 7.27. The fraction of sp³-hybridized carbons (Fsp3) is 0.562. The molecule has 0 aliphatic carbocycles. The van der Waals surface area contributed by atoms with Gasteiger partial charge in [-0.25, -0.2) is 0 Å². The van der Waals surface area contributed by atoms with Gasteiger partial charge in [0.05, 0.1) is 6.42 Å². The van der Waals surface area contributed by atoms with Crippen LogP contribution in [0, 0.1) is 0 Å². The molecule has 0 aromatic heterocycles. The smallest absolute Gasteiger partial charge is 0.306 e. The molecule has 1 fully saturated rings. The molecule has 0 saturated carbocycles. The summed E-state index contributed by atoms with van der Waals surface area (Å²) in [7, 11) is 2.09. The summed E-state index contributed by atoms with van der Waals surface area (Å²) in [6, 6.07) is 8.07. The molecule has 1 aromatic carbocycles. The van der Waals surface area contributed by atoms with Crippen LogP contribution < -0.4 is 5.73 Å². The van der Waals surface area contributed by atoms with E-state index >= 15 is 0 Å². The molecule has 2 unspecified atom stereocenters. The lowest BCUT2D eigenvalue weighted by molar-refractivity contribution is -0.145. The van der Waals surface area contributed by atoms with Gasteiger partial charge in [-0.2, -0.15) is 0 Å². The van der Waals surface area contributed by atoms with Crippen molar-refractivity contribution >= 4 is 11.7 Å². The molecule has 1 aliphatic rings. The molecule has 20 heavy (non-hydrogen) atoms. The number of benzene rings is 1. The number of nitrogen functional groups attached to an aromatic ring is 1. The molecule has 0 radical (unpaired) electrons. The number of likely N-dealkylation sites (N-methyl/N-ethyl adjacent to an activating group) is 1. The van der Waals surface area contributed by atoms with Crippen LogP contribution in [0.25, 0.3) is 0 Å². The average Bonchev–Trinajstić information content (AvgIpc) is 2.82. The van der Waals surface area contributed by atoms with Crippen molar-refractivity contribution < 1.29 is 9.53 Å². The van der Waals surface area contributed by atoms with Crippen molar-refractivity contribution in [3.05, 3.63) is 29.8 Å². The first kappa shape index (κ1) is 14.9. The Bertz CT molecular complexity index is 444. The molecule has 1 aliphatic heterocycles. The second-order valence-electron chi connectivity index (χ2n) is 5.73. The van der Waals surface area contributed by atoms with Crippen LogP contribution in [0.5, 0.6) is 0 Å². The van der Waals surface area contributed by atoms with E-state index in [9.17, 15) is 4.79 Å². The molecule has 2 atom stereocenters. The van der Waals surface area contributed by atoms with Gasteiger partial charge < -0.3 is 15.4 Å². The number of ether oxygens (including phenoxy) is 1. The van der Waals surface area contributed by atoms with Gasteiger partial charge in [-0.15, -0.1) is 0 Å². The lowest BCUT2D eigenvalue weighted by Gasteiger charge is -2.19. The van der Waals surface area contributed by atoms with Gasteiger partial charge in [-0.1, -0.05) is 19.1 Å². The van der Waals surface area contributed by atoms with Crippen LogP contribution in [-0.2, 0) is 9.53 Å². The van der Waals surface area contributed by atoms with Crippen LogP contribution in [0.15, 0.2) is 24.3 Å². The van der Waals surface area contributed by atoms with E-state index in [4.69, 9.17) is 10.5 Å². The number of hydrogen-bond acceptors (Lipinski definition) is 4. The van der Waals surface area contributed by atoms with E-state index in [0.29, 0.717) is 19.1 Å². The van der Waals surface area contributed by atoms with Gasteiger partial charge in [0.25, 0.3) is 0 Å². The van der Waals surface area contributed by atoms with Crippen LogP contribution in [-0.4, -0.2) is 37.1 Å². The Morgan fingerprint density at radius 1 is 1.45 bits per heavy atom. The highest BCUT2D eigenvalue weighted by molar-refractivity contribution is 5.70. The maximum atomic E-state index is 11.9. The summed E-state index contributed by atoms with van der Waals surface area (Å²) in [6.45, 7) is 3.66. The average molecular weight is 276 g/mol. The number of carbonyl (C=O) groups excluding carboxylic acids is 1. The van der Waals surface area contributed by atoms with Gasteiger partial charge >= 0.3 is 5.97 Å². The minimum Gasteiger partial charge on any atom is -0.464 e. The Morgan fingerprint density at radius 3 is 2.75 bits per heavy atom. The highest BCUT2D eigenvalue weighted by atomic mass is 16.5. The Labute approximate surface area is 120 Å². The summed E-state index contributed by atoms with van der Waals surface area (Å²) in [4.78, 5) is 14.2. The molecule has 1 aromatic rings. The van der Waals surface area contributed by atoms with E-state index in [0.717, 1.165) is 24.2 Å². The SMILES string of the molecule is CC(CC(=O)OCC1CCCN1C)c1ccc(N)cc1. The predicted octanol–water partition coefficient (Wildman–Crippen LogP) is 2.40. The minimum absolute atomic E-state index is 0.116. The van der Waals surface area contributed by atoms with E-state index in [2.05, 4.69) is 11.9 Å². The molecule has 1 heterocycles. The highest BCUT2D eigenvalue weighted by Gasteiger charge is 2.22. The minimum atomic E-state index is -0.116. The third-order valence-electron chi connectivity index (χ3n) is 4.09. The molecule has 0 bridgehead atoms. The van der Waals surface area contributed by atoms with Gasteiger partial charge in [0, 0.05) is 11.7 Å². The number of nitrogens with two attached hydrogens (primary N) is 1. The van der Waals surface area contributed by atoms with Gasteiger partial charge in [-0.05, 0) is 50.0 Å². The predicted molar refractivity (Wildman–Crippen MR) is 80.5 cm³/mol. The fourth-order valence-corrected chi connectivity index (χ4v) is 2.63. The van der Waals surface area contributed by atoms with Gasteiger partial charge in [0.2, 0.25) is 0 Å². The van der Waals surface area contributed by atoms with Gasteiger partial charge in [-0.3, -0.25) is 4.79 Å². The normalized spacial score (nSPS) is 20.8. The van der Waals surface area contributed by atoms with E-state index in [1.54, 1.807) is 0 Å². The zero-order valence-electron chi connectivity index (χ0n) is 12.3. The zero-order valence-corrected chi connectivity index (χ0v) is 12.3. The molecule has 1 saturated heterocycles. The maximum absolute atomic E-state index is 11.9. The monoisotopic (exact) mass is 276 g/mol. The number of esters is 1. The molecule has 2 rings (SSSR count). The first-order valence-electron chi connectivity index (χ1n) is 7.27. The number of carbonyl (C=O) groups is 1. The van der Waals surface area contributed by atoms with E-state index < -0.39 is 0 Å². The quantitative estimate of drug-likeness (QED) is 0.663. The third kappa shape index (κ3) is 3.97. The largest absolute Gasteiger partial charge is 0.464 e. The van der Waals surface area contributed by atoms with Crippen LogP contribution in [0.4, 0.5) is 5.69 Å². The number of rotatable bonds is 5. The van der Waals surface area contributed by atoms with Gasteiger partial charge in [0.1, 0.15) is 6.61 Å². The summed E-state index contributed by atoms with van der Waals surface area (Å²) in [5.41, 5.74) is 7.53. The molecule has 0 spiro atoms. The summed E-state index contributed by atoms with van der Waals surface area (Å²) >= 11 is 0. The molecule has 4 nitrogen and oxygen atoms in total. The zero-order chi connectivity index (χ0) is 14.5. The lowest BCUT2D eigenvalue weighted by atomic mass is 9.98. The second-order valence-corrected chi connectivity index (χ2v) is 5.73. The van der Waals surface area contributed by atoms with Crippen molar-refractivity contribution in [2.45, 2.75) is 38.1 Å². The van der Waals surface area contributed by atoms with E-state index in [-0.39, 0.29) is 11.9 Å². The Balaban J connectivity index is 1.77. The third-order valence-corrected chi connectivity index (χ3v) is 4.09. The van der Waals surface area contributed by atoms with Crippen molar-refractivity contribution in [2.75, 3.05) is 25.9 Å². The Kier molecular flexibility index (Phi) is 5.01. The van der Waals surface area contributed by atoms with Crippen molar-refractivity contribution in [1.82, 2.24) is 4.90 Å². The summed E-state index contributed by atoms with van der Waals surface area (Å²) in [6.07, 6.45) is 2.73. The summed E-state index contributed by atoms with van der Waals surface area (Å²) in [5.74, 6) is 0.0408. The fourth-order valence-electron chi connectivity index (χ4n) is 2.63. The van der Waals surface area contributed by atoms with Crippen molar-refractivity contribution in [3.8, 4) is 0 Å². The number of likely N-dealkylation sites (tertiary alicyclic amines) is 1. The second kappa shape index (κ2) is 6.75. The molecule has 0 amide bonds. The van der Waals surface area contributed by atoms with Crippen molar-refractivity contribution in [3.63, 3.8) is 0 Å². The summed E-state index contributed by atoms with van der Waals surface area (Å²) in [5, 5.41) is 0. The summed E-state index contributed by atoms with van der Waals surface area (Å²) < 4.78 is 5.41. The van der Waals surface area contributed by atoms with E-state index in [1.165, 1.54) is 6.42 Å². The highest BCUT2D eigenvalue weighted by Crippen LogP contribution is 2.21. The first-order chi connectivity index (χ1) is 9.56. The molecule has 110 valence electrons. The molecule has 2 N–H and O–H groups in total. The van der Waals surface area contributed by atoms with Crippen LogP contribution in [0.3, 0.4) is 0 Å². The Morgan fingerprint density at radius 2 is 2.15 bits per heavy atom. The van der Waals surface area contributed by atoms with Crippen LogP contribution in [0.2, 0.25) is 0 Å². The lowest BCUT2D eigenvalue weighted by Crippen LogP contribution is -2.30. The van der Waals surface area contributed by atoms with Crippen molar-refractivity contribution in [1.29, 1.82) is 0 Å². The number of hydrogen-bond donors (Lipinski definition) is 1. The van der Waals surface area contributed by atoms with E-state index in [1.807, 2.05) is 31.2 Å². The topological polar surface area (TPSA) is 55.6 Å². The van der Waals surface area contributed by atoms with Crippen LogP contribution >= 0.6 is 0 Å². The Hall–Kier alpha value is -1.55. The molecular formula is C16H24N2O2. The van der Waals surface area contributed by atoms with Crippen LogP contribution in [0.1, 0.15) is 37.7 Å². The molecular weight excluding hydrogens is 252 g/mol.